The first-order valence-electron chi connectivity index (χ1n) is 7.60. The fourth-order valence-corrected chi connectivity index (χ4v) is 2.37. The maximum absolute atomic E-state index is 13.0. The summed E-state index contributed by atoms with van der Waals surface area (Å²) in [6.45, 7) is 0.455. The van der Waals surface area contributed by atoms with Crippen LogP contribution in [0.2, 0.25) is 0 Å². The lowest BCUT2D eigenvalue weighted by Crippen LogP contribution is -2.25. The summed E-state index contributed by atoms with van der Waals surface area (Å²) in [5, 5.41) is 2.80. The summed E-state index contributed by atoms with van der Waals surface area (Å²) in [4.78, 5) is 20.1. The van der Waals surface area contributed by atoms with Crippen molar-refractivity contribution in [3.63, 3.8) is 0 Å². The highest BCUT2D eigenvalue weighted by Gasteiger charge is 2.17. The Balaban J connectivity index is 1.56. The van der Waals surface area contributed by atoms with E-state index in [2.05, 4.69) is 15.3 Å². The number of nitrogens with zero attached hydrogens (tertiary/aromatic N) is 2. The molecule has 0 saturated carbocycles. The van der Waals surface area contributed by atoms with Gasteiger partial charge in [0, 0.05) is 18.3 Å². The summed E-state index contributed by atoms with van der Waals surface area (Å²) < 4.78 is 18.4. The third-order valence-electron chi connectivity index (χ3n) is 3.51. The van der Waals surface area contributed by atoms with Gasteiger partial charge in [-0.1, -0.05) is 30.3 Å². The van der Waals surface area contributed by atoms with Crippen molar-refractivity contribution < 1.29 is 13.6 Å². The van der Waals surface area contributed by atoms with E-state index in [4.69, 9.17) is 4.42 Å². The molecule has 0 aliphatic rings. The number of amides is 1. The Morgan fingerprint density at radius 1 is 1.21 bits per heavy atom. The van der Waals surface area contributed by atoms with Crippen LogP contribution in [0.25, 0.3) is 11.3 Å². The number of aryl methyl sites for hydroxylation is 1. The van der Waals surface area contributed by atoms with Gasteiger partial charge < -0.3 is 9.73 Å². The maximum atomic E-state index is 13.0. The molecule has 0 bridgehead atoms. The Kier molecular flexibility index (Phi) is 4.96. The molecule has 1 amide bonds. The summed E-state index contributed by atoms with van der Waals surface area (Å²) in [5.41, 5.74) is 1.86. The first kappa shape index (κ1) is 15.9. The lowest BCUT2D eigenvalue weighted by atomic mass is 10.1. The first-order chi connectivity index (χ1) is 11.7. The molecule has 122 valence electrons. The third kappa shape index (κ3) is 3.84. The number of rotatable bonds is 6. The van der Waals surface area contributed by atoms with Crippen molar-refractivity contribution in [1.82, 2.24) is 15.3 Å². The molecular weight excluding hydrogens is 309 g/mol. The predicted molar refractivity (Wildman–Crippen MR) is 86.8 cm³/mol. The van der Waals surface area contributed by atoms with Crippen molar-refractivity contribution in [1.29, 1.82) is 0 Å². The highest BCUT2D eigenvalue weighted by atomic mass is 19.1. The minimum absolute atomic E-state index is 0.258. The molecule has 5 nitrogen and oxygen atoms in total. The molecule has 0 aliphatic heterocycles. The summed E-state index contributed by atoms with van der Waals surface area (Å²) >= 11 is 0. The van der Waals surface area contributed by atoms with Gasteiger partial charge in [-0.25, -0.2) is 9.37 Å². The van der Waals surface area contributed by atoms with Gasteiger partial charge in [-0.2, -0.15) is 0 Å². The Bertz CT molecular complexity index is 818. The maximum Gasteiger partial charge on any atom is 0.273 e. The highest BCUT2D eigenvalue weighted by Crippen LogP contribution is 2.22. The van der Waals surface area contributed by atoms with Gasteiger partial charge in [-0.3, -0.25) is 9.78 Å². The number of hydrogen-bond donors (Lipinski definition) is 1. The fourth-order valence-electron chi connectivity index (χ4n) is 2.37. The number of nitrogens with one attached hydrogen (secondary N) is 1. The van der Waals surface area contributed by atoms with E-state index in [1.807, 2.05) is 30.3 Å². The zero-order valence-electron chi connectivity index (χ0n) is 12.9. The van der Waals surface area contributed by atoms with Crippen LogP contribution in [0.4, 0.5) is 4.39 Å². The van der Waals surface area contributed by atoms with Crippen molar-refractivity contribution in [2.45, 2.75) is 12.8 Å². The van der Waals surface area contributed by atoms with Gasteiger partial charge >= 0.3 is 0 Å². The van der Waals surface area contributed by atoms with Crippen LogP contribution in [-0.2, 0) is 6.42 Å². The summed E-state index contributed by atoms with van der Waals surface area (Å²) in [6.07, 6.45) is 5.36. The van der Waals surface area contributed by atoms with E-state index in [9.17, 15) is 9.18 Å². The van der Waals surface area contributed by atoms with Gasteiger partial charge in [-0.05, 0) is 24.5 Å². The molecule has 3 rings (SSSR count). The molecule has 2 aromatic heterocycles. The molecule has 6 heteroatoms. The number of pyridine rings is 1. The molecule has 0 spiro atoms. The van der Waals surface area contributed by atoms with E-state index in [1.165, 1.54) is 18.7 Å². The fraction of sp³-hybridized carbons (Fsp3) is 0.167. The molecule has 0 aliphatic carbocycles. The molecule has 0 atom stereocenters. The zero-order chi connectivity index (χ0) is 16.8. The van der Waals surface area contributed by atoms with Crippen LogP contribution in [0.15, 0.2) is 59.6 Å². The third-order valence-corrected chi connectivity index (χ3v) is 3.51. The van der Waals surface area contributed by atoms with Crippen molar-refractivity contribution in [2.24, 2.45) is 0 Å². The number of benzene rings is 1. The number of aromatic nitrogens is 2. The van der Waals surface area contributed by atoms with E-state index in [0.717, 1.165) is 11.1 Å². The van der Waals surface area contributed by atoms with Gasteiger partial charge in [0.05, 0.1) is 6.20 Å². The first-order valence-corrected chi connectivity index (χ1v) is 7.60. The Labute approximate surface area is 138 Å². The second-order valence-corrected chi connectivity index (χ2v) is 5.27. The molecule has 2 heterocycles. The Hall–Kier alpha value is -3.02. The SMILES string of the molecule is O=C(NCCCc1cncc(F)c1)c1ncoc1-c1ccccc1. The number of oxazole rings is 1. The largest absolute Gasteiger partial charge is 0.443 e. The van der Waals surface area contributed by atoms with Crippen molar-refractivity contribution >= 4 is 5.91 Å². The number of halogens is 1. The van der Waals surface area contributed by atoms with Crippen LogP contribution < -0.4 is 5.32 Å². The van der Waals surface area contributed by atoms with E-state index < -0.39 is 0 Å². The molecule has 0 fully saturated rings. The molecule has 0 saturated heterocycles. The normalized spacial score (nSPS) is 10.5. The standard InChI is InChI=1S/C18H16FN3O2/c19-15-9-13(10-20-11-15)5-4-8-21-18(23)16-17(24-12-22-16)14-6-2-1-3-7-14/h1-3,6-7,9-12H,4-5,8H2,(H,21,23). The zero-order valence-corrected chi connectivity index (χ0v) is 12.9. The van der Waals surface area contributed by atoms with Gasteiger partial charge in [0.25, 0.3) is 5.91 Å². The van der Waals surface area contributed by atoms with Crippen LogP contribution in [0.3, 0.4) is 0 Å². The minimum atomic E-state index is -0.355. The van der Waals surface area contributed by atoms with Gasteiger partial charge in [0.15, 0.2) is 17.8 Å². The van der Waals surface area contributed by atoms with Gasteiger partial charge in [0.1, 0.15) is 5.82 Å². The number of hydrogen-bond acceptors (Lipinski definition) is 4. The molecule has 1 aromatic carbocycles. The van der Waals surface area contributed by atoms with Crippen LogP contribution in [0, 0.1) is 5.82 Å². The average molecular weight is 325 g/mol. The molecule has 3 aromatic rings. The summed E-state index contributed by atoms with van der Waals surface area (Å²) in [5.74, 6) is -0.200. The minimum Gasteiger partial charge on any atom is -0.443 e. The Morgan fingerprint density at radius 3 is 2.83 bits per heavy atom. The Morgan fingerprint density at radius 2 is 2.04 bits per heavy atom. The molecular formula is C18H16FN3O2. The monoisotopic (exact) mass is 325 g/mol. The van der Waals surface area contributed by atoms with E-state index in [-0.39, 0.29) is 17.4 Å². The average Bonchev–Trinajstić information content (AvgIpc) is 3.09. The second kappa shape index (κ2) is 7.50. The quantitative estimate of drug-likeness (QED) is 0.707. The van der Waals surface area contributed by atoms with Crippen LogP contribution in [-0.4, -0.2) is 22.4 Å². The van der Waals surface area contributed by atoms with Crippen molar-refractivity contribution in [3.05, 3.63) is 72.3 Å². The predicted octanol–water partition coefficient (Wildman–Crippen LogP) is 3.24. The summed E-state index contributed by atoms with van der Waals surface area (Å²) in [7, 11) is 0. The molecule has 1 N–H and O–H groups in total. The number of carbonyl (C=O) groups excluding carboxylic acids is 1. The van der Waals surface area contributed by atoms with Gasteiger partial charge in [-0.15, -0.1) is 0 Å². The molecule has 24 heavy (non-hydrogen) atoms. The second-order valence-electron chi connectivity index (χ2n) is 5.27. The smallest absolute Gasteiger partial charge is 0.273 e. The van der Waals surface area contributed by atoms with E-state index >= 15 is 0 Å². The van der Waals surface area contributed by atoms with Gasteiger partial charge in [0.2, 0.25) is 0 Å². The summed E-state index contributed by atoms with van der Waals surface area (Å²) in [6, 6.07) is 10.8. The molecule has 0 unspecified atom stereocenters. The van der Waals surface area contributed by atoms with E-state index in [1.54, 1.807) is 6.20 Å². The van der Waals surface area contributed by atoms with E-state index in [0.29, 0.717) is 25.1 Å². The van der Waals surface area contributed by atoms with Crippen LogP contribution in [0.1, 0.15) is 22.5 Å². The van der Waals surface area contributed by atoms with Crippen LogP contribution >= 0.6 is 0 Å². The lowest BCUT2D eigenvalue weighted by molar-refractivity contribution is 0.0949. The highest BCUT2D eigenvalue weighted by molar-refractivity contribution is 5.97. The number of carbonyl (C=O) groups is 1. The van der Waals surface area contributed by atoms with Crippen molar-refractivity contribution in [3.8, 4) is 11.3 Å². The topological polar surface area (TPSA) is 68.0 Å². The van der Waals surface area contributed by atoms with Crippen LogP contribution in [0.5, 0.6) is 0 Å². The molecule has 0 radical (unpaired) electrons. The van der Waals surface area contributed by atoms with Crippen molar-refractivity contribution in [2.75, 3.05) is 6.54 Å². The lowest BCUT2D eigenvalue weighted by Gasteiger charge is -2.05.